The Labute approximate surface area is 184 Å². The van der Waals surface area contributed by atoms with Crippen LogP contribution < -0.4 is 4.74 Å². The maximum atomic E-state index is 12.2. The topological polar surface area (TPSA) is 35.5 Å². The van der Waals surface area contributed by atoms with Gasteiger partial charge in [-0.2, -0.15) is 0 Å². The van der Waals surface area contributed by atoms with Crippen molar-refractivity contribution in [1.29, 1.82) is 0 Å². The molecule has 3 aromatic carbocycles. The van der Waals surface area contributed by atoms with E-state index in [0.717, 1.165) is 37.0 Å². The number of esters is 1. The van der Waals surface area contributed by atoms with Crippen molar-refractivity contribution in [2.45, 2.75) is 63.9 Å². The van der Waals surface area contributed by atoms with Gasteiger partial charge in [0, 0.05) is 5.56 Å². The Morgan fingerprint density at radius 2 is 1.77 bits per heavy atom. The fourth-order valence-electron chi connectivity index (χ4n) is 5.22. The van der Waals surface area contributed by atoms with E-state index in [-0.39, 0.29) is 11.9 Å². The average Bonchev–Trinajstić information content (AvgIpc) is 3.43. The Morgan fingerprint density at radius 3 is 2.58 bits per heavy atom. The number of ether oxygens (including phenoxy) is 2. The highest BCUT2D eigenvalue weighted by molar-refractivity contribution is 5.88. The van der Waals surface area contributed by atoms with Crippen molar-refractivity contribution in [2.24, 2.45) is 0 Å². The van der Waals surface area contributed by atoms with E-state index >= 15 is 0 Å². The zero-order valence-electron chi connectivity index (χ0n) is 18.2. The van der Waals surface area contributed by atoms with Gasteiger partial charge in [0.2, 0.25) is 0 Å². The lowest BCUT2D eigenvalue weighted by Gasteiger charge is -2.20. The molecule has 0 radical (unpaired) electrons. The number of carbonyl (C=O) groups is 1. The third kappa shape index (κ3) is 4.19. The van der Waals surface area contributed by atoms with Gasteiger partial charge in [-0.15, -0.1) is 0 Å². The van der Waals surface area contributed by atoms with E-state index in [0.29, 0.717) is 19.1 Å². The minimum absolute atomic E-state index is 0.0983. The lowest BCUT2D eigenvalue weighted by atomic mass is 9.92. The van der Waals surface area contributed by atoms with Gasteiger partial charge in [-0.3, -0.25) is 4.79 Å². The van der Waals surface area contributed by atoms with E-state index < -0.39 is 0 Å². The van der Waals surface area contributed by atoms with Gasteiger partial charge in [-0.25, -0.2) is 0 Å². The van der Waals surface area contributed by atoms with Crippen LogP contribution in [0.1, 0.15) is 62.5 Å². The maximum Gasteiger partial charge on any atom is 0.306 e. The second kappa shape index (κ2) is 8.74. The minimum atomic E-state index is -0.0983. The second-order valence-electron chi connectivity index (χ2n) is 8.88. The molecule has 3 aromatic rings. The molecule has 3 nitrogen and oxygen atoms in total. The largest absolute Gasteiger partial charge is 0.490 e. The number of benzene rings is 3. The summed E-state index contributed by atoms with van der Waals surface area (Å²) in [5.74, 6) is 1.13. The van der Waals surface area contributed by atoms with Crippen LogP contribution in [0.25, 0.3) is 21.9 Å². The van der Waals surface area contributed by atoms with E-state index in [4.69, 9.17) is 9.47 Å². The molecule has 3 heteroatoms. The number of hydrogen-bond donors (Lipinski definition) is 0. The Morgan fingerprint density at radius 1 is 0.968 bits per heavy atom. The summed E-state index contributed by atoms with van der Waals surface area (Å²) in [5, 5.41) is 2.47. The summed E-state index contributed by atoms with van der Waals surface area (Å²) in [4.78, 5) is 12.2. The summed E-state index contributed by atoms with van der Waals surface area (Å²) in [6, 6.07) is 19.7. The lowest BCUT2D eigenvalue weighted by Crippen LogP contribution is -2.12. The zero-order chi connectivity index (χ0) is 21.2. The van der Waals surface area contributed by atoms with Gasteiger partial charge in [0.1, 0.15) is 5.75 Å². The molecule has 0 N–H and O–H groups in total. The molecule has 2 aliphatic rings. The molecule has 160 valence electrons. The normalized spacial score (nSPS) is 18.3. The number of carbonyl (C=O) groups excluding carboxylic acids is 1. The third-order valence-corrected chi connectivity index (χ3v) is 6.82. The molecule has 0 spiro atoms. The fraction of sp³-hybridized carbons (Fsp3) is 0.393. The molecule has 0 saturated heterocycles. The zero-order valence-corrected chi connectivity index (χ0v) is 18.2. The van der Waals surface area contributed by atoms with Crippen molar-refractivity contribution in [3.63, 3.8) is 0 Å². The van der Waals surface area contributed by atoms with Gasteiger partial charge in [0.05, 0.1) is 19.1 Å². The molecule has 5 rings (SSSR count). The molecule has 1 fully saturated rings. The molecule has 31 heavy (non-hydrogen) atoms. The van der Waals surface area contributed by atoms with Gasteiger partial charge in [-0.1, -0.05) is 36.4 Å². The van der Waals surface area contributed by atoms with Crippen molar-refractivity contribution in [3.8, 4) is 16.9 Å². The van der Waals surface area contributed by atoms with Gasteiger partial charge in [0.15, 0.2) is 0 Å². The van der Waals surface area contributed by atoms with E-state index in [9.17, 15) is 4.79 Å². The highest BCUT2D eigenvalue weighted by Gasteiger charge is 2.28. The van der Waals surface area contributed by atoms with Crippen molar-refractivity contribution >= 4 is 16.7 Å². The monoisotopic (exact) mass is 414 g/mol. The van der Waals surface area contributed by atoms with Crippen molar-refractivity contribution in [3.05, 3.63) is 65.7 Å². The SMILES string of the molecule is CCOC(=O)CC1CCc2cc(OC3CCCC3)c(-c3ccc4ccccc4c3)cc21. The molecule has 1 saturated carbocycles. The van der Waals surface area contributed by atoms with Crippen LogP contribution in [0.3, 0.4) is 0 Å². The van der Waals surface area contributed by atoms with E-state index in [1.54, 1.807) is 0 Å². The first-order valence-corrected chi connectivity index (χ1v) is 11.7. The summed E-state index contributed by atoms with van der Waals surface area (Å²) in [5.41, 5.74) is 4.94. The Kier molecular flexibility index (Phi) is 5.67. The minimum Gasteiger partial charge on any atom is -0.490 e. The van der Waals surface area contributed by atoms with Gasteiger partial charge >= 0.3 is 5.97 Å². The van der Waals surface area contributed by atoms with Crippen LogP contribution in [-0.2, 0) is 16.0 Å². The first-order valence-electron chi connectivity index (χ1n) is 11.7. The summed E-state index contributed by atoms with van der Waals surface area (Å²) < 4.78 is 11.8. The Hall–Kier alpha value is -2.81. The fourth-order valence-corrected chi connectivity index (χ4v) is 5.22. The lowest BCUT2D eigenvalue weighted by molar-refractivity contribution is -0.143. The average molecular weight is 415 g/mol. The van der Waals surface area contributed by atoms with Gasteiger partial charge < -0.3 is 9.47 Å². The molecule has 1 unspecified atom stereocenters. The Bertz CT molecular complexity index is 1090. The van der Waals surface area contributed by atoms with Crippen LogP contribution in [0, 0.1) is 0 Å². The van der Waals surface area contributed by atoms with Crippen LogP contribution in [0.4, 0.5) is 0 Å². The number of fused-ring (bicyclic) bond motifs is 2. The van der Waals surface area contributed by atoms with Crippen molar-refractivity contribution < 1.29 is 14.3 Å². The Balaban J connectivity index is 1.55. The van der Waals surface area contributed by atoms with Crippen molar-refractivity contribution in [1.82, 2.24) is 0 Å². The standard InChI is InChI=1S/C28H30O3/c1-2-30-28(29)17-23-14-13-22-16-27(31-24-9-5-6-10-24)26(18-25(22)23)21-12-11-19-7-3-4-8-20(19)15-21/h3-4,7-8,11-12,15-16,18,23-24H,2,5-6,9-10,13-14,17H2,1H3. The molecular weight excluding hydrogens is 384 g/mol. The first kappa shape index (κ1) is 20.1. The predicted molar refractivity (Wildman–Crippen MR) is 125 cm³/mol. The third-order valence-electron chi connectivity index (χ3n) is 6.82. The van der Waals surface area contributed by atoms with E-state index in [2.05, 4.69) is 54.6 Å². The van der Waals surface area contributed by atoms with Crippen LogP contribution >= 0.6 is 0 Å². The second-order valence-corrected chi connectivity index (χ2v) is 8.88. The smallest absolute Gasteiger partial charge is 0.306 e. The molecule has 0 aromatic heterocycles. The summed E-state index contributed by atoms with van der Waals surface area (Å²) in [6.45, 7) is 2.31. The van der Waals surface area contributed by atoms with Gasteiger partial charge in [0.25, 0.3) is 0 Å². The summed E-state index contributed by atoms with van der Waals surface area (Å²) in [7, 11) is 0. The maximum absolute atomic E-state index is 12.2. The number of aryl methyl sites for hydroxylation is 1. The molecular formula is C28H30O3. The van der Waals surface area contributed by atoms with Crippen molar-refractivity contribution in [2.75, 3.05) is 6.61 Å². The molecule has 0 bridgehead atoms. The van der Waals surface area contributed by atoms with Crippen LogP contribution in [-0.4, -0.2) is 18.7 Å². The quantitative estimate of drug-likeness (QED) is 0.416. The molecule has 2 aliphatic carbocycles. The number of hydrogen-bond acceptors (Lipinski definition) is 3. The van der Waals surface area contributed by atoms with E-state index in [1.807, 2.05) is 6.92 Å². The predicted octanol–water partition coefficient (Wildman–Crippen LogP) is 6.81. The number of rotatable bonds is 6. The first-order chi connectivity index (χ1) is 15.2. The van der Waals surface area contributed by atoms with Crippen LogP contribution in [0.5, 0.6) is 5.75 Å². The summed E-state index contributed by atoms with van der Waals surface area (Å²) in [6.07, 6.45) is 7.55. The van der Waals surface area contributed by atoms with Crippen LogP contribution in [0.2, 0.25) is 0 Å². The molecule has 0 aliphatic heterocycles. The van der Waals surface area contributed by atoms with E-state index in [1.165, 1.54) is 40.3 Å². The molecule has 0 amide bonds. The highest BCUT2D eigenvalue weighted by atomic mass is 16.5. The molecule has 1 atom stereocenters. The molecule has 0 heterocycles. The highest BCUT2D eigenvalue weighted by Crippen LogP contribution is 2.44. The van der Waals surface area contributed by atoms with Crippen LogP contribution in [0.15, 0.2) is 54.6 Å². The van der Waals surface area contributed by atoms with Gasteiger partial charge in [-0.05, 0) is 97.0 Å². The summed E-state index contributed by atoms with van der Waals surface area (Å²) >= 11 is 0.